The third-order valence-corrected chi connectivity index (χ3v) is 6.91. The third kappa shape index (κ3) is 4.12. The van der Waals surface area contributed by atoms with Crippen LogP contribution < -0.4 is 4.72 Å². The Morgan fingerprint density at radius 1 is 1.28 bits per heavy atom. The highest BCUT2D eigenvalue weighted by molar-refractivity contribution is 7.91. The van der Waals surface area contributed by atoms with Crippen LogP contribution >= 0.6 is 22.9 Å². The minimum atomic E-state index is -3.59. The number of benzene rings is 1. The van der Waals surface area contributed by atoms with Gasteiger partial charge in [0.05, 0.1) is 5.69 Å². The van der Waals surface area contributed by atoms with E-state index >= 15 is 0 Å². The molecule has 0 aliphatic rings. The summed E-state index contributed by atoms with van der Waals surface area (Å²) >= 11 is 7.27. The van der Waals surface area contributed by atoms with Gasteiger partial charge in [-0.15, -0.1) is 11.3 Å². The van der Waals surface area contributed by atoms with E-state index in [2.05, 4.69) is 16.7 Å². The number of aromatic nitrogens is 2. The van der Waals surface area contributed by atoms with Crippen molar-refractivity contribution < 1.29 is 8.42 Å². The molecule has 0 unspecified atom stereocenters. The molecule has 0 aliphatic heterocycles. The van der Waals surface area contributed by atoms with E-state index in [-0.39, 0.29) is 10.8 Å². The second-order valence-corrected chi connectivity index (χ2v) is 8.82. The normalized spacial score (nSPS) is 11.8. The fraction of sp³-hybridized carbons (Fsp3) is 0.235. The van der Waals surface area contributed by atoms with Gasteiger partial charge in [-0.3, -0.25) is 4.68 Å². The quantitative estimate of drug-likeness (QED) is 0.653. The third-order valence-electron chi connectivity index (χ3n) is 3.70. The molecule has 0 radical (unpaired) electrons. The number of halogens is 1. The summed E-state index contributed by atoms with van der Waals surface area (Å²) < 4.78 is 29.9. The van der Waals surface area contributed by atoms with Crippen molar-refractivity contribution in [3.8, 4) is 11.3 Å². The van der Waals surface area contributed by atoms with Crippen LogP contribution in [0.1, 0.15) is 18.9 Å². The highest BCUT2D eigenvalue weighted by Crippen LogP contribution is 2.28. The summed E-state index contributed by atoms with van der Waals surface area (Å²) in [5.41, 5.74) is 2.52. The molecule has 8 heteroatoms. The zero-order chi connectivity index (χ0) is 17.9. The molecule has 0 amide bonds. The van der Waals surface area contributed by atoms with Crippen LogP contribution in [-0.4, -0.2) is 18.2 Å². The van der Waals surface area contributed by atoms with Crippen molar-refractivity contribution in [2.24, 2.45) is 0 Å². The first-order valence-corrected chi connectivity index (χ1v) is 10.6. The van der Waals surface area contributed by atoms with E-state index in [0.29, 0.717) is 5.02 Å². The van der Waals surface area contributed by atoms with E-state index < -0.39 is 10.0 Å². The molecule has 0 aliphatic carbocycles. The summed E-state index contributed by atoms with van der Waals surface area (Å²) in [4.78, 5) is 0. The van der Waals surface area contributed by atoms with Gasteiger partial charge in [0.25, 0.3) is 0 Å². The van der Waals surface area contributed by atoms with Crippen molar-refractivity contribution in [2.75, 3.05) is 0 Å². The Kier molecular flexibility index (Phi) is 5.58. The van der Waals surface area contributed by atoms with E-state index in [1.54, 1.807) is 24.4 Å². The van der Waals surface area contributed by atoms with Crippen LogP contribution in [-0.2, 0) is 23.1 Å². The lowest BCUT2D eigenvalue weighted by Crippen LogP contribution is -2.22. The summed E-state index contributed by atoms with van der Waals surface area (Å²) in [6, 6.07) is 10.8. The number of aryl methyl sites for hydroxylation is 1. The zero-order valence-corrected chi connectivity index (χ0v) is 16.0. The van der Waals surface area contributed by atoms with Gasteiger partial charge < -0.3 is 0 Å². The standard InChI is InChI=1S/C17H18ClN3O2S2/c1-2-9-21-16(7-8-19-21)14-10-17(24-12-14)25(22,23)20-11-13-5-3-4-6-15(13)18/h3-8,10,12,20H,2,9,11H2,1H3. The Labute approximate surface area is 156 Å². The lowest BCUT2D eigenvalue weighted by atomic mass is 10.2. The van der Waals surface area contributed by atoms with E-state index in [1.807, 2.05) is 28.3 Å². The lowest BCUT2D eigenvalue weighted by molar-refractivity contribution is 0.583. The van der Waals surface area contributed by atoms with Crippen molar-refractivity contribution in [3.05, 3.63) is 58.6 Å². The predicted octanol–water partition coefficient (Wildman–Crippen LogP) is 4.15. The van der Waals surface area contributed by atoms with Gasteiger partial charge in [0.1, 0.15) is 4.21 Å². The Morgan fingerprint density at radius 3 is 2.84 bits per heavy atom. The average molecular weight is 396 g/mol. The number of nitrogens with one attached hydrogen (secondary N) is 1. The molecule has 0 fully saturated rings. The molecule has 132 valence electrons. The van der Waals surface area contributed by atoms with E-state index in [9.17, 15) is 8.42 Å². The number of hydrogen-bond donors (Lipinski definition) is 1. The first-order valence-electron chi connectivity index (χ1n) is 7.85. The molecule has 3 aromatic rings. The summed E-state index contributed by atoms with van der Waals surface area (Å²) in [7, 11) is -3.59. The molecule has 0 spiro atoms. The fourth-order valence-electron chi connectivity index (χ4n) is 2.45. The Bertz CT molecular complexity index is 964. The van der Waals surface area contributed by atoms with Gasteiger partial charge in [0.2, 0.25) is 10.0 Å². The van der Waals surface area contributed by atoms with Crippen molar-refractivity contribution >= 4 is 33.0 Å². The summed E-state index contributed by atoms with van der Waals surface area (Å²) in [5, 5.41) is 6.66. The average Bonchev–Trinajstić information content (AvgIpc) is 3.23. The molecule has 0 saturated heterocycles. The first kappa shape index (κ1) is 18.1. The molecule has 2 heterocycles. The number of hydrogen-bond acceptors (Lipinski definition) is 4. The largest absolute Gasteiger partial charge is 0.265 e. The molecular weight excluding hydrogens is 378 g/mol. The number of rotatable bonds is 7. The van der Waals surface area contributed by atoms with Crippen molar-refractivity contribution in [1.29, 1.82) is 0 Å². The van der Waals surface area contributed by atoms with Gasteiger partial charge in [-0.2, -0.15) is 5.10 Å². The second-order valence-electron chi connectivity index (χ2n) is 5.51. The minimum Gasteiger partial charge on any atom is -0.265 e. The molecule has 0 bridgehead atoms. The van der Waals surface area contributed by atoms with Gasteiger partial charge in [-0.25, -0.2) is 13.1 Å². The van der Waals surface area contributed by atoms with E-state index in [4.69, 9.17) is 11.6 Å². The van der Waals surface area contributed by atoms with Crippen LogP contribution in [0.25, 0.3) is 11.3 Å². The van der Waals surface area contributed by atoms with Crippen LogP contribution in [0, 0.1) is 0 Å². The van der Waals surface area contributed by atoms with Gasteiger partial charge in [-0.05, 0) is 30.2 Å². The highest BCUT2D eigenvalue weighted by Gasteiger charge is 2.18. The summed E-state index contributed by atoms with van der Waals surface area (Å²) in [5.74, 6) is 0. The minimum absolute atomic E-state index is 0.156. The van der Waals surface area contributed by atoms with E-state index in [0.717, 1.165) is 29.8 Å². The van der Waals surface area contributed by atoms with Gasteiger partial charge in [0.15, 0.2) is 0 Å². The summed E-state index contributed by atoms with van der Waals surface area (Å²) in [6.07, 6.45) is 2.69. The molecule has 5 nitrogen and oxygen atoms in total. The van der Waals surface area contributed by atoms with Crippen LogP contribution in [0.3, 0.4) is 0 Å². The van der Waals surface area contributed by atoms with Crippen molar-refractivity contribution in [2.45, 2.75) is 30.6 Å². The second kappa shape index (κ2) is 7.70. The van der Waals surface area contributed by atoms with Crippen LogP contribution in [0.5, 0.6) is 0 Å². The molecule has 1 aromatic carbocycles. The number of thiophene rings is 1. The maximum atomic E-state index is 12.5. The van der Waals surface area contributed by atoms with Gasteiger partial charge in [-0.1, -0.05) is 36.7 Å². The molecule has 0 saturated carbocycles. The van der Waals surface area contributed by atoms with Gasteiger partial charge in [0, 0.05) is 35.3 Å². The molecule has 0 atom stereocenters. The molecule has 1 N–H and O–H groups in total. The molecule has 3 rings (SSSR count). The Balaban J connectivity index is 1.78. The topological polar surface area (TPSA) is 64.0 Å². The smallest absolute Gasteiger partial charge is 0.250 e. The Morgan fingerprint density at radius 2 is 2.08 bits per heavy atom. The monoisotopic (exact) mass is 395 g/mol. The SMILES string of the molecule is CCCn1nccc1-c1csc(S(=O)(=O)NCc2ccccc2Cl)c1. The molecule has 25 heavy (non-hydrogen) atoms. The molecule has 2 aromatic heterocycles. The van der Waals surface area contributed by atoms with E-state index in [1.165, 1.54) is 11.3 Å². The summed E-state index contributed by atoms with van der Waals surface area (Å²) in [6.45, 7) is 3.03. The number of sulfonamides is 1. The predicted molar refractivity (Wildman–Crippen MR) is 101 cm³/mol. The molecular formula is C17H18ClN3O2S2. The van der Waals surface area contributed by atoms with Crippen LogP contribution in [0.15, 0.2) is 52.2 Å². The lowest BCUT2D eigenvalue weighted by Gasteiger charge is -2.06. The Hall–Kier alpha value is -1.67. The zero-order valence-electron chi connectivity index (χ0n) is 13.6. The maximum absolute atomic E-state index is 12.5. The fourth-order valence-corrected chi connectivity index (χ4v) is 4.87. The number of nitrogens with zero attached hydrogens (tertiary/aromatic N) is 2. The van der Waals surface area contributed by atoms with Crippen molar-refractivity contribution in [1.82, 2.24) is 14.5 Å². The van der Waals surface area contributed by atoms with Crippen LogP contribution in [0.2, 0.25) is 5.02 Å². The van der Waals surface area contributed by atoms with Gasteiger partial charge >= 0.3 is 0 Å². The van der Waals surface area contributed by atoms with Crippen molar-refractivity contribution in [3.63, 3.8) is 0 Å². The first-order chi connectivity index (χ1) is 12.0. The highest BCUT2D eigenvalue weighted by atomic mass is 35.5. The maximum Gasteiger partial charge on any atom is 0.250 e. The van der Waals surface area contributed by atoms with Crippen LogP contribution in [0.4, 0.5) is 0 Å².